The van der Waals surface area contributed by atoms with E-state index in [2.05, 4.69) is 21.0 Å². The number of ketones is 1. The number of hydrogen-bond donors (Lipinski definition) is 0. The second kappa shape index (κ2) is 5.09. The summed E-state index contributed by atoms with van der Waals surface area (Å²) < 4.78 is 2.28. The van der Waals surface area contributed by atoms with Crippen molar-refractivity contribution >= 4 is 27.4 Å². The van der Waals surface area contributed by atoms with Gasteiger partial charge in [0.05, 0.1) is 15.6 Å². The second-order valence-corrected chi connectivity index (χ2v) is 4.50. The van der Waals surface area contributed by atoms with Crippen LogP contribution in [0.25, 0.3) is 0 Å². The Balaban J connectivity index is 2.11. The Labute approximate surface area is 111 Å². The minimum Gasteiger partial charge on any atom is -0.292 e. The summed E-state index contributed by atoms with van der Waals surface area (Å²) >= 11 is 3.23. The Morgan fingerprint density at radius 3 is 2.56 bits per heavy atom. The fraction of sp³-hybridized carbons (Fsp3) is 0.0909. The molecule has 0 saturated heterocycles. The third-order valence-electron chi connectivity index (χ3n) is 2.31. The van der Waals surface area contributed by atoms with Crippen molar-refractivity contribution in [2.75, 3.05) is 0 Å². The van der Waals surface area contributed by atoms with Gasteiger partial charge in [-0.1, -0.05) is 0 Å². The van der Waals surface area contributed by atoms with E-state index in [-0.39, 0.29) is 18.0 Å². The number of hydrogen-bond acceptors (Lipinski definition) is 4. The zero-order valence-corrected chi connectivity index (χ0v) is 10.7. The molecule has 1 aromatic carbocycles. The van der Waals surface area contributed by atoms with Crippen molar-refractivity contribution in [1.82, 2.24) is 9.78 Å². The molecule has 0 N–H and O–H groups in total. The minimum atomic E-state index is -0.501. The van der Waals surface area contributed by atoms with Crippen LogP contribution < -0.4 is 0 Å². The number of nitrogens with zero attached hydrogens (tertiary/aromatic N) is 3. The first kappa shape index (κ1) is 12.4. The molecule has 18 heavy (non-hydrogen) atoms. The zero-order valence-electron chi connectivity index (χ0n) is 9.12. The number of nitro groups is 1. The first-order valence-electron chi connectivity index (χ1n) is 5.02. The topological polar surface area (TPSA) is 78.0 Å². The van der Waals surface area contributed by atoms with Gasteiger partial charge in [-0.05, 0) is 28.1 Å². The van der Waals surface area contributed by atoms with Crippen LogP contribution in [0.2, 0.25) is 0 Å². The molecule has 0 amide bonds. The highest BCUT2D eigenvalue weighted by atomic mass is 79.9. The lowest BCUT2D eigenvalue weighted by Crippen LogP contribution is -2.10. The molecule has 0 atom stereocenters. The quantitative estimate of drug-likeness (QED) is 0.493. The summed E-state index contributed by atoms with van der Waals surface area (Å²) in [5, 5.41) is 14.4. The zero-order chi connectivity index (χ0) is 13.1. The van der Waals surface area contributed by atoms with Crippen LogP contribution in [-0.4, -0.2) is 20.5 Å². The molecule has 1 aromatic heterocycles. The van der Waals surface area contributed by atoms with Gasteiger partial charge < -0.3 is 0 Å². The Morgan fingerprint density at radius 1 is 1.39 bits per heavy atom. The Kier molecular flexibility index (Phi) is 3.52. The van der Waals surface area contributed by atoms with Crippen molar-refractivity contribution < 1.29 is 9.72 Å². The maximum Gasteiger partial charge on any atom is 0.269 e. The number of non-ortho nitro benzene ring substituents is 1. The number of nitro benzene ring substituents is 1. The van der Waals surface area contributed by atoms with Crippen LogP contribution in [0.5, 0.6) is 0 Å². The summed E-state index contributed by atoms with van der Waals surface area (Å²) in [5.41, 5.74) is 0.389. The van der Waals surface area contributed by atoms with Gasteiger partial charge >= 0.3 is 0 Å². The molecule has 1 heterocycles. The SMILES string of the molecule is O=C(Cn1cc(Br)cn1)c1ccc([N+](=O)[O-])cc1. The molecule has 0 aliphatic heterocycles. The fourth-order valence-corrected chi connectivity index (χ4v) is 1.76. The largest absolute Gasteiger partial charge is 0.292 e. The maximum atomic E-state index is 11.9. The lowest BCUT2D eigenvalue weighted by molar-refractivity contribution is -0.384. The smallest absolute Gasteiger partial charge is 0.269 e. The second-order valence-electron chi connectivity index (χ2n) is 3.58. The van der Waals surface area contributed by atoms with E-state index in [4.69, 9.17) is 0 Å². The first-order chi connectivity index (χ1) is 8.56. The maximum absolute atomic E-state index is 11.9. The van der Waals surface area contributed by atoms with Crippen LogP contribution in [-0.2, 0) is 6.54 Å². The highest BCUT2D eigenvalue weighted by molar-refractivity contribution is 9.10. The van der Waals surface area contributed by atoms with E-state index in [1.165, 1.54) is 28.9 Å². The van der Waals surface area contributed by atoms with Gasteiger partial charge in [0.25, 0.3) is 5.69 Å². The van der Waals surface area contributed by atoms with Gasteiger partial charge in [0.2, 0.25) is 0 Å². The van der Waals surface area contributed by atoms with Crippen LogP contribution in [0.1, 0.15) is 10.4 Å². The highest BCUT2D eigenvalue weighted by Gasteiger charge is 2.10. The highest BCUT2D eigenvalue weighted by Crippen LogP contribution is 2.13. The molecule has 2 aromatic rings. The summed E-state index contributed by atoms with van der Waals surface area (Å²) in [5.74, 6) is -0.152. The summed E-state index contributed by atoms with van der Waals surface area (Å²) in [6, 6.07) is 5.51. The average Bonchev–Trinajstić information content (AvgIpc) is 2.75. The van der Waals surface area contributed by atoms with Gasteiger partial charge in [-0.25, -0.2) is 0 Å². The van der Waals surface area contributed by atoms with Crippen molar-refractivity contribution in [2.24, 2.45) is 0 Å². The van der Waals surface area contributed by atoms with E-state index in [9.17, 15) is 14.9 Å². The molecule has 0 bridgehead atoms. The summed E-state index contributed by atoms with van der Waals surface area (Å²) in [6.07, 6.45) is 3.27. The molecule has 0 fully saturated rings. The number of rotatable bonds is 4. The predicted octanol–water partition coefficient (Wildman–Crippen LogP) is 2.44. The van der Waals surface area contributed by atoms with E-state index in [0.717, 1.165) is 4.47 Å². The van der Waals surface area contributed by atoms with Gasteiger partial charge in [0.15, 0.2) is 5.78 Å². The molecule has 0 spiro atoms. The monoisotopic (exact) mass is 309 g/mol. The van der Waals surface area contributed by atoms with Crippen molar-refractivity contribution in [1.29, 1.82) is 0 Å². The molecular weight excluding hydrogens is 302 g/mol. The normalized spacial score (nSPS) is 10.3. The number of halogens is 1. The third kappa shape index (κ3) is 2.80. The Hall–Kier alpha value is -2.02. The Morgan fingerprint density at radius 2 is 2.06 bits per heavy atom. The van der Waals surface area contributed by atoms with Gasteiger partial charge in [-0.15, -0.1) is 0 Å². The molecule has 0 saturated carbocycles. The van der Waals surface area contributed by atoms with Crippen LogP contribution in [0.4, 0.5) is 5.69 Å². The number of carbonyl (C=O) groups is 1. The van der Waals surface area contributed by atoms with Crippen molar-refractivity contribution in [3.05, 3.63) is 56.8 Å². The summed E-state index contributed by atoms with van der Waals surface area (Å²) in [6.45, 7) is 0.101. The molecule has 0 unspecified atom stereocenters. The van der Waals surface area contributed by atoms with Crippen LogP contribution in [0.3, 0.4) is 0 Å². The van der Waals surface area contributed by atoms with Gasteiger partial charge in [-0.3, -0.25) is 19.6 Å². The van der Waals surface area contributed by atoms with Gasteiger partial charge in [-0.2, -0.15) is 5.10 Å². The molecule has 2 rings (SSSR count). The van der Waals surface area contributed by atoms with Gasteiger partial charge in [0.1, 0.15) is 6.54 Å². The van der Waals surface area contributed by atoms with Crippen LogP contribution in [0, 0.1) is 10.1 Å². The van der Waals surface area contributed by atoms with Crippen molar-refractivity contribution in [3.8, 4) is 0 Å². The average molecular weight is 310 g/mol. The van der Waals surface area contributed by atoms with Gasteiger partial charge in [0, 0.05) is 23.9 Å². The van der Waals surface area contributed by atoms with Crippen LogP contribution in [0.15, 0.2) is 41.1 Å². The van der Waals surface area contributed by atoms with Crippen molar-refractivity contribution in [2.45, 2.75) is 6.54 Å². The molecule has 0 aliphatic carbocycles. The molecule has 92 valence electrons. The van der Waals surface area contributed by atoms with E-state index in [1.807, 2.05) is 0 Å². The lowest BCUT2D eigenvalue weighted by Gasteiger charge is -2.01. The van der Waals surface area contributed by atoms with Crippen molar-refractivity contribution in [3.63, 3.8) is 0 Å². The molecule has 6 nitrogen and oxygen atoms in total. The number of benzene rings is 1. The molecular formula is C11H8BrN3O3. The minimum absolute atomic E-state index is 0.0339. The summed E-state index contributed by atoms with van der Waals surface area (Å²) in [4.78, 5) is 21.8. The van der Waals surface area contributed by atoms with Crippen LogP contribution >= 0.6 is 15.9 Å². The third-order valence-corrected chi connectivity index (χ3v) is 2.72. The predicted molar refractivity (Wildman–Crippen MR) is 67.4 cm³/mol. The Bertz CT molecular complexity index is 592. The molecule has 0 radical (unpaired) electrons. The summed E-state index contributed by atoms with van der Waals surface area (Å²) in [7, 11) is 0. The first-order valence-corrected chi connectivity index (χ1v) is 5.81. The van der Waals surface area contributed by atoms with E-state index >= 15 is 0 Å². The van der Waals surface area contributed by atoms with E-state index in [0.29, 0.717) is 5.56 Å². The number of aromatic nitrogens is 2. The number of carbonyl (C=O) groups excluding carboxylic acids is 1. The standard InChI is InChI=1S/C11H8BrN3O3/c12-9-5-13-14(6-9)7-11(16)8-1-3-10(4-2-8)15(17)18/h1-6H,7H2. The molecule has 7 heteroatoms. The van der Waals surface area contributed by atoms with E-state index in [1.54, 1.807) is 12.4 Å². The lowest BCUT2D eigenvalue weighted by atomic mass is 10.1. The fourth-order valence-electron chi connectivity index (χ4n) is 1.43. The van der Waals surface area contributed by atoms with E-state index < -0.39 is 4.92 Å². The molecule has 0 aliphatic rings. The number of Topliss-reactive ketones (excluding diaryl/α,β-unsaturated/α-hetero) is 1.